The van der Waals surface area contributed by atoms with Crippen molar-refractivity contribution < 1.29 is 5.11 Å². The van der Waals surface area contributed by atoms with E-state index in [4.69, 9.17) is 10.8 Å². The van der Waals surface area contributed by atoms with Crippen molar-refractivity contribution in [2.75, 3.05) is 24.2 Å². The summed E-state index contributed by atoms with van der Waals surface area (Å²) in [5.74, 6) is 1.02. The Bertz CT molecular complexity index is 328. The van der Waals surface area contributed by atoms with Crippen molar-refractivity contribution in [1.29, 1.82) is 0 Å². The molecule has 0 fully saturated rings. The molecular formula is C11H20N4O. The van der Waals surface area contributed by atoms with Crippen LogP contribution < -0.4 is 11.1 Å². The number of hydrogen-bond acceptors (Lipinski definition) is 5. The second kappa shape index (κ2) is 5.65. The van der Waals surface area contributed by atoms with Gasteiger partial charge in [-0.15, -0.1) is 0 Å². The summed E-state index contributed by atoms with van der Waals surface area (Å²) in [7, 11) is 0. The molecule has 0 atom stereocenters. The highest BCUT2D eigenvalue weighted by Crippen LogP contribution is 2.22. The third-order valence-corrected chi connectivity index (χ3v) is 2.43. The molecule has 16 heavy (non-hydrogen) atoms. The topological polar surface area (TPSA) is 84.1 Å². The zero-order valence-corrected chi connectivity index (χ0v) is 9.90. The Labute approximate surface area is 96.1 Å². The molecule has 1 aromatic rings. The van der Waals surface area contributed by atoms with Crippen molar-refractivity contribution in [3.05, 3.63) is 12.3 Å². The number of nitrogens with two attached hydrogens (primary N) is 1. The Kier molecular flexibility index (Phi) is 4.49. The summed E-state index contributed by atoms with van der Waals surface area (Å²) in [5.41, 5.74) is 5.61. The number of nitrogens with one attached hydrogen (secondary N) is 1. The predicted molar refractivity (Wildman–Crippen MR) is 65.0 cm³/mol. The molecule has 0 amide bonds. The van der Waals surface area contributed by atoms with Crippen LogP contribution in [0.15, 0.2) is 12.3 Å². The van der Waals surface area contributed by atoms with Gasteiger partial charge in [0, 0.05) is 19.3 Å². The Balaban J connectivity index is 2.44. The SMILES string of the molecule is CC(C)(CCCO)CNc1ccnc(N)n1. The Hall–Kier alpha value is -1.36. The van der Waals surface area contributed by atoms with E-state index >= 15 is 0 Å². The fourth-order valence-corrected chi connectivity index (χ4v) is 1.45. The third-order valence-electron chi connectivity index (χ3n) is 2.43. The molecule has 0 unspecified atom stereocenters. The first-order valence-corrected chi connectivity index (χ1v) is 5.47. The highest BCUT2D eigenvalue weighted by Gasteiger charge is 2.17. The van der Waals surface area contributed by atoms with Crippen molar-refractivity contribution in [1.82, 2.24) is 9.97 Å². The molecule has 0 aliphatic rings. The molecule has 0 aliphatic carbocycles. The van der Waals surface area contributed by atoms with Crippen molar-refractivity contribution >= 4 is 11.8 Å². The lowest BCUT2D eigenvalue weighted by Gasteiger charge is -2.24. The van der Waals surface area contributed by atoms with Gasteiger partial charge >= 0.3 is 0 Å². The lowest BCUT2D eigenvalue weighted by molar-refractivity contribution is 0.248. The van der Waals surface area contributed by atoms with E-state index in [-0.39, 0.29) is 18.0 Å². The Morgan fingerprint density at radius 3 is 2.88 bits per heavy atom. The summed E-state index contributed by atoms with van der Waals surface area (Å²) in [5, 5.41) is 12.0. The van der Waals surface area contributed by atoms with Crippen LogP contribution >= 0.6 is 0 Å². The van der Waals surface area contributed by atoms with E-state index in [1.54, 1.807) is 12.3 Å². The lowest BCUT2D eigenvalue weighted by Crippen LogP contribution is -2.24. The number of hydrogen-bond donors (Lipinski definition) is 3. The molecule has 1 heterocycles. The summed E-state index contributed by atoms with van der Waals surface area (Å²) in [4.78, 5) is 7.89. The van der Waals surface area contributed by atoms with Crippen LogP contribution in [0.4, 0.5) is 11.8 Å². The molecule has 0 saturated heterocycles. The highest BCUT2D eigenvalue weighted by atomic mass is 16.2. The van der Waals surface area contributed by atoms with E-state index in [1.165, 1.54) is 0 Å². The molecule has 5 nitrogen and oxygen atoms in total. The fraction of sp³-hybridized carbons (Fsp3) is 0.636. The molecule has 0 saturated carbocycles. The van der Waals surface area contributed by atoms with Crippen molar-refractivity contribution in [2.24, 2.45) is 5.41 Å². The number of aromatic nitrogens is 2. The zero-order chi connectivity index (χ0) is 12.0. The maximum Gasteiger partial charge on any atom is 0.221 e. The molecule has 0 spiro atoms. The van der Waals surface area contributed by atoms with Gasteiger partial charge in [-0.1, -0.05) is 13.8 Å². The minimum absolute atomic E-state index is 0.127. The summed E-state index contributed by atoms with van der Waals surface area (Å²) < 4.78 is 0. The van der Waals surface area contributed by atoms with Crippen LogP contribution in [-0.2, 0) is 0 Å². The van der Waals surface area contributed by atoms with E-state index in [1.807, 2.05) is 0 Å². The van der Waals surface area contributed by atoms with E-state index < -0.39 is 0 Å². The van der Waals surface area contributed by atoms with Gasteiger partial charge in [-0.2, -0.15) is 4.98 Å². The van der Waals surface area contributed by atoms with Crippen LogP contribution in [-0.4, -0.2) is 28.2 Å². The predicted octanol–water partition coefficient (Wildman–Crippen LogP) is 1.27. The average Bonchev–Trinajstić information content (AvgIpc) is 2.24. The van der Waals surface area contributed by atoms with Gasteiger partial charge < -0.3 is 16.2 Å². The monoisotopic (exact) mass is 224 g/mol. The number of aliphatic hydroxyl groups is 1. The molecule has 5 heteroatoms. The summed E-state index contributed by atoms with van der Waals surface area (Å²) in [6.07, 6.45) is 3.42. The fourth-order valence-electron chi connectivity index (χ4n) is 1.45. The summed E-state index contributed by atoms with van der Waals surface area (Å²) >= 11 is 0. The van der Waals surface area contributed by atoms with Crippen LogP contribution in [0.25, 0.3) is 0 Å². The van der Waals surface area contributed by atoms with Crippen LogP contribution in [0.2, 0.25) is 0 Å². The number of aliphatic hydroxyl groups excluding tert-OH is 1. The van der Waals surface area contributed by atoms with Gasteiger partial charge in [0.1, 0.15) is 5.82 Å². The largest absolute Gasteiger partial charge is 0.396 e. The van der Waals surface area contributed by atoms with Gasteiger partial charge in [0.15, 0.2) is 0 Å². The van der Waals surface area contributed by atoms with Gasteiger partial charge in [0.05, 0.1) is 0 Å². The number of nitrogens with zero attached hydrogens (tertiary/aromatic N) is 2. The molecule has 0 aliphatic heterocycles. The maximum atomic E-state index is 8.79. The van der Waals surface area contributed by atoms with Gasteiger partial charge in [-0.25, -0.2) is 4.98 Å². The van der Waals surface area contributed by atoms with Crippen LogP contribution in [0, 0.1) is 5.41 Å². The Morgan fingerprint density at radius 2 is 2.25 bits per heavy atom. The van der Waals surface area contributed by atoms with Crippen molar-refractivity contribution in [3.63, 3.8) is 0 Å². The van der Waals surface area contributed by atoms with Gasteiger partial charge in [0.2, 0.25) is 5.95 Å². The molecule has 90 valence electrons. The van der Waals surface area contributed by atoms with Gasteiger partial charge in [0.25, 0.3) is 0 Å². The minimum atomic E-state index is 0.127. The van der Waals surface area contributed by atoms with Gasteiger partial charge in [-0.3, -0.25) is 0 Å². The summed E-state index contributed by atoms with van der Waals surface area (Å²) in [6, 6.07) is 1.79. The molecule has 0 aromatic carbocycles. The third kappa shape index (κ3) is 4.44. The number of nitrogen functional groups attached to an aromatic ring is 1. The highest BCUT2D eigenvalue weighted by molar-refractivity contribution is 5.37. The van der Waals surface area contributed by atoms with E-state index in [0.29, 0.717) is 0 Å². The number of anilines is 2. The van der Waals surface area contributed by atoms with E-state index in [9.17, 15) is 0 Å². The van der Waals surface area contributed by atoms with Crippen LogP contribution in [0.1, 0.15) is 26.7 Å². The second-order valence-corrected chi connectivity index (χ2v) is 4.65. The first-order valence-electron chi connectivity index (χ1n) is 5.47. The molecular weight excluding hydrogens is 204 g/mol. The van der Waals surface area contributed by atoms with Crippen LogP contribution in [0.3, 0.4) is 0 Å². The average molecular weight is 224 g/mol. The van der Waals surface area contributed by atoms with Crippen molar-refractivity contribution in [2.45, 2.75) is 26.7 Å². The van der Waals surface area contributed by atoms with E-state index in [0.717, 1.165) is 25.2 Å². The smallest absolute Gasteiger partial charge is 0.221 e. The van der Waals surface area contributed by atoms with E-state index in [2.05, 4.69) is 29.1 Å². The normalized spacial score (nSPS) is 11.4. The lowest BCUT2D eigenvalue weighted by atomic mass is 9.88. The number of rotatable bonds is 6. The first-order chi connectivity index (χ1) is 7.53. The quantitative estimate of drug-likeness (QED) is 0.677. The standard InChI is InChI=1S/C11H20N4O/c1-11(2,5-3-7-16)8-14-9-4-6-13-10(12)15-9/h4,6,16H,3,5,7-8H2,1-2H3,(H3,12,13,14,15). The molecule has 4 N–H and O–H groups in total. The van der Waals surface area contributed by atoms with Crippen LogP contribution in [0.5, 0.6) is 0 Å². The van der Waals surface area contributed by atoms with Crippen molar-refractivity contribution in [3.8, 4) is 0 Å². The molecule has 0 radical (unpaired) electrons. The molecule has 1 rings (SSSR count). The maximum absolute atomic E-state index is 8.79. The van der Waals surface area contributed by atoms with Gasteiger partial charge in [-0.05, 0) is 24.3 Å². The minimum Gasteiger partial charge on any atom is -0.396 e. The first kappa shape index (κ1) is 12.7. The second-order valence-electron chi connectivity index (χ2n) is 4.65. The summed E-state index contributed by atoms with van der Waals surface area (Å²) in [6.45, 7) is 5.34. The zero-order valence-electron chi connectivity index (χ0n) is 9.90. The Morgan fingerprint density at radius 1 is 1.50 bits per heavy atom. The molecule has 1 aromatic heterocycles. The molecule has 0 bridgehead atoms.